The molecule has 5 heteroatoms. The summed E-state index contributed by atoms with van der Waals surface area (Å²) in [5.41, 5.74) is 6.58. The lowest BCUT2D eigenvalue weighted by molar-refractivity contribution is -0.254. The van der Waals surface area contributed by atoms with Crippen molar-refractivity contribution in [2.45, 2.75) is 57.6 Å². The van der Waals surface area contributed by atoms with Gasteiger partial charge in [-0.2, -0.15) is 0 Å². The third kappa shape index (κ3) is 7.95. The first-order valence-corrected chi connectivity index (χ1v) is 10.3. The second kappa shape index (κ2) is 10.8. The smallest absolute Gasteiger partial charge is 0.149 e. The third-order valence-electron chi connectivity index (χ3n) is 4.45. The summed E-state index contributed by atoms with van der Waals surface area (Å²) in [5.74, 6) is 1.74. The fourth-order valence-corrected chi connectivity index (χ4v) is 2.73. The zero-order valence-electron chi connectivity index (χ0n) is 15.2. The molecule has 1 aromatic carbocycles. The summed E-state index contributed by atoms with van der Waals surface area (Å²) in [6, 6.07) is 8.81. The summed E-state index contributed by atoms with van der Waals surface area (Å²) in [7, 11) is -1.74. The van der Waals surface area contributed by atoms with Crippen LogP contribution in [0.15, 0.2) is 24.3 Å². The van der Waals surface area contributed by atoms with Gasteiger partial charge >= 0.3 is 0 Å². The quantitative estimate of drug-likeness (QED) is 0.884. The molecule has 2 atom stereocenters. The van der Waals surface area contributed by atoms with Crippen LogP contribution in [0.2, 0.25) is 0 Å². The predicted molar refractivity (Wildman–Crippen MR) is 97.5 cm³/mol. The van der Waals surface area contributed by atoms with E-state index in [0.717, 1.165) is 24.6 Å². The van der Waals surface area contributed by atoms with E-state index in [4.69, 9.17) is 5.11 Å². The first-order valence-electron chi connectivity index (χ1n) is 8.31. The fraction of sp³-hybridized carbons (Fsp3) is 0.667. The van der Waals surface area contributed by atoms with Crippen LogP contribution in [0.3, 0.4) is 0 Å². The second-order valence-electron chi connectivity index (χ2n) is 6.33. The van der Waals surface area contributed by atoms with Gasteiger partial charge in [0.05, 0.1) is 5.25 Å². The van der Waals surface area contributed by atoms with Crippen LogP contribution in [0.1, 0.15) is 57.9 Å². The van der Waals surface area contributed by atoms with E-state index in [-0.39, 0.29) is 5.25 Å². The Kier molecular flexibility index (Phi) is 10.4. The first-order chi connectivity index (χ1) is 10.8. The molecule has 1 aliphatic rings. The number of aliphatic hydroxyl groups is 1. The van der Waals surface area contributed by atoms with E-state index in [0.29, 0.717) is 0 Å². The molecule has 1 aliphatic carbocycles. The molecule has 0 amide bonds. The van der Waals surface area contributed by atoms with Crippen molar-refractivity contribution >= 4 is 15.5 Å². The van der Waals surface area contributed by atoms with E-state index in [2.05, 4.69) is 36.9 Å². The number of hydrogen-bond acceptors (Lipinski definition) is 3. The van der Waals surface area contributed by atoms with Gasteiger partial charge in [-0.15, -0.1) is 0 Å². The molecule has 1 aromatic rings. The van der Waals surface area contributed by atoms with Gasteiger partial charge in [0.2, 0.25) is 0 Å². The SMILES string of the molecule is CC(C)S(C)(=O)=O.CCC1CCCC1c1ccc([NH3+])cc1.CO. The minimum atomic E-state index is -2.74. The monoisotopic (exact) mass is 344 g/mol. The molecule has 2 rings (SSSR count). The van der Waals surface area contributed by atoms with Crippen molar-refractivity contribution in [2.75, 3.05) is 13.4 Å². The Balaban J connectivity index is 0.000000460. The number of hydrogen-bond donors (Lipinski definition) is 2. The van der Waals surface area contributed by atoms with Gasteiger partial charge in [-0.05, 0) is 56.2 Å². The Morgan fingerprint density at radius 1 is 1.17 bits per heavy atom. The Morgan fingerprint density at radius 2 is 1.65 bits per heavy atom. The third-order valence-corrected chi connectivity index (χ3v) is 6.16. The van der Waals surface area contributed by atoms with Gasteiger partial charge in [-0.3, -0.25) is 0 Å². The molecule has 0 spiro atoms. The summed E-state index contributed by atoms with van der Waals surface area (Å²) in [5, 5.41) is 6.77. The average Bonchev–Trinajstić information content (AvgIpc) is 2.98. The van der Waals surface area contributed by atoms with Crippen molar-refractivity contribution in [2.24, 2.45) is 5.92 Å². The highest BCUT2D eigenvalue weighted by Crippen LogP contribution is 2.41. The molecule has 0 bridgehead atoms. The number of benzene rings is 1. The van der Waals surface area contributed by atoms with Crippen LogP contribution in [0, 0.1) is 5.92 Å². The molecular weight excluding hydrogens is 310 g/mol. The summed E-state index contributed by atoms with van der Waals surface area (Å²) < 4.78 is 20.7. The van der Waals surface area contributed by atoms with E-state index in [1.165, 1.54) is 37.5 Å². The Hall–Kier alpha value is -0.910. The molecule has 4 nitrogen and oxygen atoms in total. The molecule has 1 saturated carbocycles. The van der Waals surface area contributed by atoms with Crippen molar-refractivity contribution < 1.29 is 19.3 Å². The highest BCUT2D eigenvalue weighted by atomic mass is 32.2. The minimum absolute atomic E-state index is 0.229. The largest absolute Gasteiger partial charge is 0.400 e. The van der Waals surface area contributed by atoms with Crippen molar-refractivity contribution in [1.82, 2.24) is 0 Å². The van der Waals surface area contributed by atoms with E-state index < -0.39 is 9.84 Å². The minimum Gasteiger partial charge on any atom is -0.400 e. The van der Waals surface area contributed by atoms with Crippen LogP contribution in [0.5, 0.6) is 0 Å². The molecule has 0 aromatic heterocycles. The maximum Gasteiger partial charge on any atom is 0.149 e. The van der Waals surface area contributed by atoms with Gasteiger partial charge in [0, 0.05) is 13.4 Å². The van der Waals surface area contributed by atoms with Crippen LogP contribution in [0.25, 0.3) is 0 Å². The van der Waals surface area contributed by atoms with Crippen molar-refractivity contribution in [1.29, 1.82) is 0 Å². The molecule has 23 heavy (non-hydrogen) atoms. The highest BCUT2D eigenvalue weighted by molar-refractivity contribution is 7.91. The number of aliphatic hydroxyl groups excluding tert-OH is 1. The van der Waals surface area contributed by atoms with Gasteiger partial charge in [0.1, 0.15) is 15.5 Å². The van der Waals surface area contributed by atoms with Crippen LogP contribution >= 0.6 is 0 Å². The van der Waals surface area contributed by atoms with Crippen LogP contribution in [0.4, 0.5) is 5.69 Å². The molecule has 4 N–H and O–H groups in total. The molecule has 0 radical (unpaired) electrons. The van der Waals surface area contributed by atoms with E-state index in [9.17, 15) is 8.42 Å². The molecule has 0 heterocycles. The summed E-state index contributed by atoms with van der Waals surface area (Å²) in [6.45, 7) is 5.64. The first kappa shape index (κ1) is 22.1. The second-order valence-corrected chi connectivity index (χ2v) is 8.93. The summed E-state index contributed by atoms with van der Waals surface area (Å²) in [6.07, 6.45) is 6.78. The number of sulfone groups is 1. The maximum atomic E-state index is 10.3. The average molecular weight is 345 g/mol. The van der Waals surface area contributed by atoms with Gasteiger partial charge in [0.15, 0.2) is 0 Å². The Labute approximate surface area is 142 Å². The molecule has 0 saturated heterocycles. The van der Waals surface area contributed by atoms with Gasteiger partial charge in [0.25, 0.3) is 0 Å². The predicted octanol–water partition coefficient (Wildman–Crippen LogP) is 2.90. The van der Waals surface area contributed by atoms with Gasteiger partial charge < -0.3 is 10.8 Å². The fourth-order valence-electron chi connectivity index (χ4n) is 2.73. The van der Waals surface area contributed by atoms with Crippen molar-refractivity contribution in [3.05, 3.63) is 29.8 Å². The molecule has 1 fully saturated rings. The Morgan fingerprint density at radius 3 is 2.04 bits per heavy atom. The molecule has 134 valence electrons. The van der Waals surface area contributed by atoms with Crippen molar-refractivity contribution in [3.63, 3.8) is 0 Å². The molecular formula is C18H34NO3S+. The standard InChI is InChI=1S/C13H19N.C4H10O2S.CH4O/c1-2-10-4-3-5-13(10)11-6-8-12(14)9-7-11;1-4(2)7(3,5)6;1-2/h6-10,13H,2-5,14H2,1H3;4H,1-3H3;2H,1H3/p+1. The van der Waals surface area contributed by atoms with E-state index in [1.54, 1.807) is 13.8 Å². The zero-order chi connectivity index (χ0) is 18.0. The van der Waals surface area contributed by atoms with Gasteiger partial charge in [-0.1, -0.05) is 31.9 Å². The zero-order valence-corrected chi connectivity index (χ0v) is 16.1. The lowest BCUT2D eigenvalue weighted by atomic mass is 9.87. The van der Waals surface area contributed by atoms with E-state index >= 15 is 0 Å². The number of rotatable bonds is 3. The summed E-state index contributed by atoms with van der Waals surface area (Å²) >= 11 is 0. The van der Waals surface area contributed by atoms with Crippen LogP contribution in [-0.4, -0.2) is 32.1 Å². The summed E-state index contributed by atoms with van der Waals surface area (Å²) in [4.78, 5) is 0. The topological polar surface area (TPSA) is 82.0 Å². The normalized spacial score (nSPS) is 20.3. The lowest BCUT2D eigenvalue weighted by Crippen LogP contribution is -2.39. The van der Waals surface area contributed by atoms with Crippen molar-refractivity contribution in [3.8, 4) is 0 Å². The highest BCUT2D eigenvalue weighted by Gasteiger charge is 2.26. The molecule has 2 unspecified atom stereocenters. The Bertz CT molecular complexity index is 524. The maximum absolute atomic E-state index is 10.3. The van der Waals surface area contributed by atoms with Crippen LogP contribution in [-0.2, 0) is 9.84 Å². The molecule has 0 aliphatic heterocycles. The van der Waals surface area contributed by atoms with Gasteiger partial charge in [-0.25, -0.2) is 8.42 Å². The lowest BCUT2D eigenvalue weighted by Gasteiger charge is -2.18. The van der Waals surface area contributed by atoms with Crippen LogP contribution < -0.4 is 5.73 Å². The van der Waals surface area contributed by atoms with E-state index in [1.807, 2.05) is 0 Å². The number of quaternary nitrogens is 1.